The number of nitrogens with one attached hydrogen (secondary N) is 1. The summed E-state index contributed by atoms with van der Waals surface area (Å²) in [4.78, 5) is 20.0. The second kappa shape index (κ2) is 4.81. The number of carbonyl (C=O) groups excluding carboxylic acids is 1. The van der Waals surface area contributed by atoms with Gasteiger partial charge in [-0.2, -0.15) is 0 Å². The maximum absolute atomic E-state index is 11.7. The smallest absolute Gasteiger partial charge is 0.240 e. The van der Waals surface area contributed by atoms with Crippen molar-refractivity contribution in [1.82, 2.24) is 19.9 Å². The first kappa shape index (κ1) is 12.6. The van der Waals surface area contributed by atoms with Gasteiger partial charge in [0, 0.05) is 12.2 Å². The summed E-state index contributed by atoms with van der Waals surface area (Å²) < 4.78 is 1.56. The fourth-order valence-corrected chi connectivity index (χ4v) is 1.82. The molecule has 6 nitrogen and oxygen atoms in total. The first-order valence-corrected chi connectivity index (χ1v) is 5.92. The summed E-state index contributed by atoms with van der Waals surface area (Å²) in [7, 11) is 0. The zero-order valence-electron chi connectivity index (χ0n) is 10.1. The van der Waals surface area contributed by atoms with E-state index >= 15 is 0 Å². The molecule has 0 atom stereocenters. The second-order valence-electron chi connectivity index (χ2n) is 4.27. The molecule has 0 saturated carbocycles. The van der Waals surface area contributed by atoms with Crippen LogP contribution in [0, 0.1) is 0 Å². The Bertz CT molecular complexity index is 592. The summed E-state index contributed by atoms with van der Waals surface area (Å²) in [5.41, 5.74) is 6.90. The monoisotopic (exact) mass is 267 g/mol. The number of fused-ring (bicyclic) bond motifs is 1. The van der Waals surface area contributed by atoms with Gasteiger partial charge in [0.15, 0.2) is 5.65 Å². The van der Waals surface area contributed by atoms with Crippen LogP contribution in [0.5, 0.6) is 0 Å². The molecular formula is C11H14ClN5O. The highest BCUT2D eigenvalue weighted by molar-refractivity contribution is 6.31. The first-order chi connectivity index (χ1) is 8.47. The highest BCUT2D eigenvalue weighted by Crippen LogP contribution is 2.18. The Kier molecular flexibility index (Phi) is 3.38. The number of hydrogen-bond acceptors (Lipinski definition) is 4. The maximum Gasteiger partial charge on any atom is 0.240 e. The van der Waals surface area contributed by atoms with Crippen LogP contribution in [0.2, 0.25) is 5.02 Å². The molecule has 3 N–H and O–H groups in total. The van der Waals surface area contributed by atoms with Gasteiger partial charge in [0.1, 0.15) is 12.1 Å². The molecule has 0 spiro atoms. The van der Waals surface area contributed by atoms with Gasteiger partial charge in [0.05, 0.1) is 5.02 Å². The number of pyridine rings is 1. The molecule has 0 radical (unpaired) electrons. The van der Waals surface area contributed by atoms with Crippen LogP contribution < -0.4 is 11.1 Å². The molecule has 2 heterocycles. The number of nitrogens with zero attached hydrogens (tertiary/aromatic N) is 3. The maximum atomic E-state index is 11.7. The van der Waals surface area contributed by atoms with Crippen LogP contribution in [0.3, 0.4) is 0 Å². The molecule has 0 aliphatic heterocycles. The number of imidazole rings is 1. The Morgan fingerprint density at radius 2 is 2.33 bits per heavy atom. The Labute approximate surface area is 109 Å². The summed E-state index contributed by atoms with van der Waals surface area (Å²) in [5.74, 6) is 0.117. The van der Waals surface area contributed by atoms with Gasteiger partial charge in [-0.25, -0.2) is 9.97 Å². The summed E-state index contributed by atoms with van der Waals surface area (Å²) >= 11 is 5.82. The Morgan fingerprint density at radius 3 is 3.00 bits per heavy atom. The molecule has 0 aliphatic rings. The van der Waals surface area contributed by atoms with Gasteiger partial charge in [0.2, 0.25) is 11.9 Å². The minimum absolute atomic E-state index is 0.0795. The van der Waals surface area contributed by atoms with E-state index in [0.717, 1.165) is 0 Å². The lowest BCUT2D eigenvalue weighted by molar-refractivity contribution is -0.122. The zero-order valence-corrected chi connectivity index (χ0v) is 10.9. The number of hydrogen-bond donors (Lipinski definition) is 2. The second-order valence-corrected chi connectivity index (χ2v) is 4.71. The van der Waals surface area contributed by atoms with Crippen molar-refractivity contribution in [1.29, 1.82) is 0 Å². The van der Waals surface area contributed by atoms with Gasteiger partial charge in [-0.1, -0.05) is 11.6 Å². The number of anilines is 1. The van der Waals surface area contributed by atoms with E-state index in [9.17, 15) is 4.79 Å². The molecule has 18 heavy (non-hydrogen) atoms. The lowest BCUT2D eigenvalue weighted by atomic mass is 10.4. The lowest BCUT2D eigenvalue weighted by Gasteiger charge is -2.09. The molecule has 0 aromatic carbocycles. The minimum atomic E-state index is -0.132. The average molecular weight is 268 g/mol. The predicted molar refractivity (Wildman–Crippen MR) is 70.2 cm³/mol. The van der Waals surface area contributed by atoms with Crippen LogP contribution in [-0.4, -0.2) is 26.5 Å². The average Bonchev–Trinajstić information content (AvgIpc) is 2.53. The lowest BCUT2D eigenvalue weighted by Crippen LogP contribution is -2.33. The van der Waals surface area contributed by atoms with E-state index in [2.05, 4.69) is 15.3 Å². The summed E-state index contributed by atoms with van der Waals surface area (Å²) in [6.45, 7) is 3.88. The van der Waals surface area contributed by atoms with Crippen molar-refractivity contribution in [3.63, 3.8) is 0 Å². The molecule has 96 valence electrons. The van der Waals surface area contributed by atoms with Gasteiger partial charge in [-0.05, 0) is 19.9 Å². The quantitative estimate of drug-likeness (QED) is 0.875. The Hall–Kier alpha value is -1.82. The zero-order chi connectivity index (χ0) is 13.3. The third-order valence-corrected chi connectivity index (χ3v) is 2.54. The van der Waals surface area contributed by atoms with Crippen molar-refractivity contribution in [2.24, 2.45) is 0 Å². The summed E-state index contributed by atoms with van der Waals surface area (Å²) in [6, 6.07) is 1.74. The normalized spacial score (nSPS) is 11.1. The van der Waals surface area contributed by atoms with Gasteiger partial charge < -0.3 is 11.1 Å². The number of rotatable bonds is 3. The molecule has 7 heteroatoms. The number of carbonyl (C=O) groups is 1. The fourth-order valence-electron chi connectivity index (χ4n) is 1.67. The summed E-state index contributed by atoms with van der Waals surface area (Å²) in [5, 5.41) is 3.27. The third kappa shape index (κ3) is 2.53. The van der Waals surface area contributed by atoms with E-state index in [-0.39, 0.29) is 24.4 Å². The molecule has 0 fully saturated rings. The molecule has 0 bridgehead atoms. The van der Waals surface area contributed by atoms with Gasteiger partial charge in [-0.15, -0.1) is 0 Å². The van der Waals surface area contributed by atoms with Crippen LogP contribution >= 0.6 is 11.6 Å². The van der Waals surface area contributed by atoms with E-state index in [4.69, 9.17) is 17.3 Å². The standard InChI is InChI=1S/C11H14ClN5O/c1-6(2)15-9(18)5-17-10-8(16-11(17)13)3-7(12)4-14-10/h3-4,6H,5H2,1-2H3,(H2,13,16)(H,15,18). The number of aromatic nitrogens is 3. The van der Waals surface area contributed by atoms with Crippen molar-refractivity contribution in [3.8, 4) is 0 Å². The van der Waals surface area contributed by atoms with E-state index in [0.29, 0.717) is 16.2 Å². The fraction of sp³-hybridized carbons (Fsp3) is 0.364. The van der Waals surface area contributed by atoms with Crippen molar-refractivity contribution < 1.29 is 4.79 Å². The van der Waals surface area contributed by atoms with Gasteiger partial charge >= 0.3 is 0 Å². The molecule has 2 rings (SSSR count). The Balaban J connectivity index is 2.33. The van der Waals surface area contributed by atoms with Crippen LogP contribution in [0.15, 0.2) is 12.3 Å². The van der Waals surface area contributed by atoms with Crippen LogP contribution in [0.4, 0.5) is 5.95 Å². The molecule has 0 unspecified atom stereocenters. The molecule has 0 aliphatic carbocycles. The van der Waals surface area contributed by atoms with Crippen molar-refractivity contribution >= 4 is 34.6 Å². The van der Waals surface area contributed by atoms with Crippen molar-refractivity contribution in [2.45, 2.75) is 26.4 Å². The van der Waals surface area contributed by atoms with Crippen molar-refractivity contribution in [2.75, 3.05) is 5.73 Å². The predicted octanol–water partition coefficient (Wildman–Crippen LogP) is 1.19. The minimum Gasteiger partial charge on any atom is -0.369 e. The first-order valence-electron chi connectivity index (χ1n) is 5.54. The van der Waals surface area contributed by atoms with Crippen LogP contribution in [-0.2, 0) is 11.3 Å². The van der Waals surface area contributed by atoms with Gasteiger partial charge in [-0.3, -0.25) is 9.36 Å². The number of amides is 1. The molecule has 1 amide bonds. The number of nitrogens with two attached hydrogens (primary N) is 1. The van der Waals surface area contributed by atoms with Gasteiger partial charge in [0.25, 0.3) is 0 Å². The van der Waals surface area contributed by atoms with E-state index < -0.39 is 0 Å². The highest BCUT2D eigenvalue weighted by Gasteiger charge is 2.13. The van der Waals surface area contributed by atoms with Crippen LogP contribution in [0.1, 0.15) is 13.8 Å². The topological polar surface area (TPSA) is 85.8 Å². The van der Waals surface area contributed by atoms with E-state index in [1.807, 2.05) is 13.8 Å². The molecular weight excluding hydrogens is 254 g/mol. The number of halogens is 1. The Morgan fingerprint density at radius 1 is 1.61 bits per heavy atom. The van der Waals surface area contributed by atoms with E-state index in [1.165, 1.54) is 6.20 Å². The highest BCUT2D eigenvalue weighted by atomic mass is 35.5. The summed E-state index contributed by atoms with van der Waals surface area (Å²) in [6.07, 6.45) is 1.50. The molecule has 2 aromatic heterocycles. The third-order valence-electron chi connectivity index (χ3n) is 2.33. The molecule has 2 aromatic rings. The van der Waals surface area contributed by atoms with Crippen molar-refractivity contribution in [3.05, 3.63) is 17.3 Å². The van der Waals surface area contributed by atoms with Crippen LogP contribution in [0.25, 0.3) is 11.2 Å². The SMILES string of the molecule is CC(C)NC(=O)Cn1c(N)nc2cc(Cl)cnc21. The molecule has 0 saturated heterocycles. The largest absolute Gasteiger partial charge is 0.369 e. The number of nitrogen functional groups attached to an aromatic ring is 1. The van der Waals surface area contributed by atoms with E-state index in [1.54, 1.807) is 10.6 Å².